The van der Waals surface area contributed by atoms with E-state index in [4.69, 9.17) is 28.9 Å². The fourth-order valence-corrected chi connectivity index (χ4v) is 3.94. The molecule has 4 rings (SSSR count). The van der Waals surface area contributed by atoms with Gasteiger partial charge in [0.15, 0.2) is 0 Å². The fourth-order valence-electron chi connectivity index (χ4n) is 3.14. The number of rotatable bonds is 2. The summed E-state index contributed by atoms with van der Waals surface area (Å²) in [6.45, 7) is 0. The molecule has 128 valence electrons. The van der Waals surface area contributed by atoms with Gasteiger partial charge in [-0.2, -0.15) is 4.98 Å². The zero-order valence-electron chi connectivity index (χ0n) is 13.0. The highest BCUT2D eigenvalue weighted by Crippen LogP contribution is 2.40. The molecule has 1 aliphatic rings. The van der Waals surface area contributed by atoms with Crippen molar-refractivity contribution in [3.8, 4) is 0 Å². The first-order chi connectivity index (χ1) is 12.0. The summed E-state index contributed by atoms with van der Waals surface area (Å²) < 4.78 is 2.83. The molecule has 0 bridgehead atoms. The van der Waals surface area contributed by atoms with Crippen LogP contribution in [0, 0.1) is 0 Å². The van der Waals surface area contributed by atoms with Gasteiger partial charge in [0.05, 0.1) is 12.1 Å². The number of nitrogens with zero attached hydrogens (tertiary/aromatic N) is 3. The Morgan fingerprint density at radius 3 is 2.64 bits per heavy atom. The predicted molar refractivity (Wildman–Crippen MR) is 104 cm³/mol. The summed E-state index contributed by atoms with van der Waals surface area (Å²) in [5, 5.41) is 8.95. The number of nitrogens with two attached hydrogens (primary N) is 1. The molecule has 2 unspecified atom stereocenters. The first-order valence-electron chi connectivity index (χ1n) is 7.70. The maximum atomic E-state index is 6.45. The minimum Gasteiger partial charge on any atom is -0.366 e. The maximum Gasteiger partial charge on any atom is 0.241 e. The number of hydrogen-bond acceptors (Lipinski definition) is 4. The van der Waals surface area contributed by atoms with Crippen LogP contribution >= 0.6 is 39.1 Å². The van der Waals surface area contributed by atoms with Crippen LogP contribution in [0.1, 0.15) is 29.6 Å². The SMILES string of the molecule is Nc1nc2n(n1)C(c1ccc(Cl)cc1Cl)CC(c1ccc(Br)cc1)N2. The lowest BCUT2D eigenvalue weighted by molar-refractivity contribution is 0.431. The summed E-state index contributed by atoms with van der Waals surface area (Å²) in [7, 11) is 0. The van der Waals surface area contributed by atoms with Gasteiger partial charge in [-0.3, -0.25) is 0 Å². The van der Waals surface area contributed by atoms with Crippen molar-refractivity contribution in [1.82, 2.24) is 14.8 Å². The van der Waals surface area contributed by atoms with Crippen LogP contribution in [-0.2, 0) is 0 Å². The molecule has 1 aliphatic heterocycles. The van der Waals surface area contributed by atoms with Crippen molar-refractivity contribution >= 4 is 51.0 Å². The van der Waals surface area contributed by atoms with Gasteiger partial charge in [0.1, 0.15) is 0 Å². The van der Waals surface area contributed by atoms with E-state index in [1.165, 1.54) is 0 Å². The lowest BCUT2D eigenvalue weighted by atomic mass is 9.93. The third-order valence-electron chi connectivity index (χ3n) is 4.30. The van der Waals surface area contributed by atoms with Gasteiger partial charge in [0.2, 0.25) is 11.9 Å². The topological polar surface area (TPSA) is 68.8 Å². The van der Waals surface area contributed by atoms with E-state index in [0.717, 1.165) is 22.0 Å². The Bertz CT molecular complexity index is 925. The van der Waals surface area contributed by atoms with Crippen LogP contribution in [-0.4, -0.2) is 14.8 Å². The van der Waals surface area contributed by atoms with Gasteiger partial charge < -0.3 is 11.1 Å². The van der Waals surface area contributed by atoms with Gasteiger partial charge in [-0.25, -0.2) is 4.68 Å². The van der Waals surface area contributed by atoms with E-state index in [9.17, 15) is 0 Å². The number of fused-ring (bicyclic) bond motifs is 1. The van der Waals surface area contributed by atoms with Crippen LogP contribution in [0.4, 0.5) is 11.9 Å². The Morgan fingerprint density at radius 1 is 1.16 bits per heavy atom. The Hall–Kier alpha value is -1.76. The van der Waals surface area contributed by atoms with Crippen LogP contribution < -0.4 is 11.1 Å². The smallest absolute Gasteiger partial charge is 0.241 e. The van der Waals surface area contributed by atoms with E-state index in [0.29, 0.717) is 16.0 Å². The summed E-state index contributed by atoms with van der Waals surface area (Å²) in [4.78, 5) is 4.31. The van der Waals surface area contributed by atoms with Gasteiger partial charge in [-0.05, 0) is 41.8 Å². The highest BCUT2D eigenvalue weighted by atomic mass is 79.9. The molecule has 5 nitrogen and oxygen atoms in total. The van der Waals surface area contributed by atoms with Gasteiger partial charge >= 0.3 is 0 Å². The molecule has 2 aromatic carbocycles. The standard InChI is InChI=1S/C17H14BrCl2N5/c18-10-3-1-9(2-4-10)14-8-15(12-6-5-11(19)7-13(12)20)25-17(22-14)23-16(21)24-25/h1-7,14-15H,8H2,(H3,21,22,23,24). The van der Waals surface area contributed by atoms with E-state index in [1.54, 1.807) is 10.7 Å². The zero-order valence-corrected chi connectivity index (χ0v) is 16.1. The molecule has 0 saturated carbocycles. The molecular formula is C17H14BrCl2N5. The Morgan fingerprint density at radius 2 is 1.92 bits per heavy atom. The van der Waals surface area contributed by atoms with Crippen molar-refractivity contribution in [3.63, 3.8) is 0 Å². The Labute approximate surface area is 163 Å². The summed E-state index contributed by atoms with van der Waals surface area (Å²) in [5.41, 5.74) is 7.93. The second-order valence-electron chi connectivity index (χ2n) is 5.90. The van der Waals surface area contributed by atoms with Gasteiger partial charge in [0, 0.05) is 14.5 Å². The van der Waals surface area contributed by atoms with Gasteiger partial charge in [-0.15, -0.1) is 5.10 Å². The van der Waals surface area contributed by atoms with E-state index in [2.05, 4.69) is 43.5 Å². The number of halogens is 3. The normalized spacial score (nSPS) is 19.3. The van der Waals surface area contributed by atoms with Crippen LogP contribution in [0.3, 0.4) is 0 Å². The molecule has 8 heteroatoms. The van der Waals surface area contributed by atoms with E-state index >= 15 is 0 Å². The number of hydrogen-bond donors (Lipinski definition) is 2. The molecule has 2 heterocycles. The van der Waals surface area contributed by atoms with Crippen molar-refractivity contribution in [2.45, 2.75) is 18.5 Å². The maximum absolute atomic E-state index is 6.45. The average Bonchev–Trinajstić information content (AvgIpc) is 2.95. The number of nitrogens with one attached hydrogen (secondary N) is 1. The molecule has 1 aromatic heterocycles. The highest BCUT2D eigenvalue weighted by Gasteiger charge is 2.32. The van der Waals surface area contributed by atoms with E-state index in [-0.39, 0.29) is 18.0 Å². The van der Waals surface area contributed by atoms with Crippen LogP contribution in [0.25, 0.3) is 0 Å². The molecule has 0 radical (unpaired) electrons. The van der Waals surface area contributed by atoms with Gasteiger partial charge in [-0.1, -0.05) is 57.3 Å². The predicted octanol–water partition coefficient (Wildman–Crippen LogP) is 5.08. The lowest BCUT2D eigenvalue weighted by Crippen LogP contribution is -2.28. The largest absolute Gasteiger partial charge is 0.366 e. The molecule has 25 heavy (non-hydrogen) atoms. The Kier molecular flexibility index (Phi) is 4.35. The molecule has 3 aromatic rings. The first-order valence-corrected chi connectivity index (χ1v) is 9.25. The number of benzene rings is 2. The summed E-state index contributed by atoms with van der Waals surface area (Å²) >= 11 is 16.0. The highest BCUT2D eigenvalue weighted by molar-refractivity contribution is 9.10. The quantitative estimate of drug-likeness (QED) is 0.585. The van der Waals surface area contributed by atoms with Crippen molar-refractivity contribution in [2.75, 3.05) is 11.1 Å². The molecule has 3 N–H and O–H groups in total. The molecule has 0 fully saturated rings. The third kappa shape index (κ3) is 3.21. The molecular weight excluding hydrogens is 425 g/mol. The van der Waals surface area contributed by atoms with Crippen molar-refractivity contribution in [2.24, 2.45) is 0 Å². The zero-order chi connectivity index (χ0) is 17.6. The van der Waals surface area contributed by atoms with Crippen LogP contribution in [0.15, 0.2) is 46.9 Å². The average molecular weight is 439 g/mol. The number of anilines is 2. The van der Waals surface area contributed by atoms with Gasteiger partial charge in [0.25, 0.3) is 0 Å². The summed E-state index contributed by atoms with van der Waals surface area (Å²) in [6, 6.07) is 13.7. The Balaban J connectivity index is 1.78. The second kappa shape index (κ2) is 6.52. The van der Waals surface area contributed by atoms with Crippen molar-refractivity contribution in [1.29, 1.82) is 0 Å². The third-order valence-corrected chi connectivity index (χ3v) is 5.39. The molecule has 2 atom stereocenters. The first kappa shape index (κ1) is 16.7. The number of nitrogen functional groups attached to an aromatic ring is 1. The minimum absolute atomic E-state index is 0.0703. The van der Waals surface area contributed by atoms with Crippen molar-refractivity contribution in [3.05, 3.63) is 68.1 Å². The summed E-state index contributed by atoms with van der Waals surface area (Å²) in [5.74, 6) is 0.863. The van der Waals surface area contributed by atoms with Crippen molar-refractivity contribution < 1.29 is 0 Å². The number of aromatic nitrogens is 3. The van der Waals surface area contributed by atoms with Crippen LogP contribution in [0.2, 0.25) is 10.0 Å². The molecule has 0 aliphatic carbocycles. The van der Waals surface area contributed by atoms with Crippen LogP contribution in [0.5, 0.6) is 0 Å². The molecule has 0 saturated heterocycles. The molecule has 0 amide bonds. The fraction of sp³-hybridized carbons (Fsp3) is 0.176. The summed E-state index contributed by atoms with van der Waals surface area (Å²) in [6.07, 6.45) is 0.763. The second-order valence-corrected chi connectivity index (χ2v) is 7.66. The minimum atomic E-state index is -0.0838. The van der Waals surface area contributed by atoms with E-state index in [1.807, 2.05) is 24.3 Å². The van der Waals surface area contributed by atoms with E-state index < -0.39 is 0 Å². The molecule has 0 spiro atoms. The lowest BCUT2D eigenvalue weighted by Gasteiger charge is -2.32. The monoisotopic (exact) mass is 437 g/mol.